The summed E-state index contributed by atoms with van der Waals surface area (Å²) in [6.07, 6.45) is 1.32. The van der Waals surface area contributed by atoms with Crippen LogP contribution in [0.25, 0.3) is 0 Å². The van der Waals surface area contributed by atoms with Crippen LogP contribution in [0, 0.1) is 0 Å². The van der Waals surface area contributed by atoms with Crippen LogP contribution in [0.5, 0.6) is 0 Å². The number of rotatable bonds is 7. The second-order valence-electron chi connectivity index (χ2n) is 8.10. The minimum atomic E-state index is -2.47. The number of carbonyl (C=O) groups is 2. The second kappa shape index (κ2) is 11.7. The van der Waals surface area contributed by atoms with Crippen LogP contribution in [0.1, 0.15) is 23.2 Å². The lowest BCUT2D eigenvalue weighted by atomic mass is 10.0. The zero-order valence-electron chi connectivity index (χ0n) is 18.9. The summed E-state index contributed by atoms with van der Waals surface area (Å²) in [4.78, 5) is 27.8. The van der Waals surface area contributed by atoms with Crippen molar-refractivity contribution in [2.24, 2.45) is 0 Å². The van der Waals surface area contributed by atoms with Crippen molar-refractivity contribution in [1.29, 1.82) is 0 Å². The van der Waals surface area contributed by atoms with E-state index in [0.29, 0.717) is 59.5 Å². The molecule has 0 radical (unpaired) electrons. The Kier molecular flexibility index (Phi) is 8.20. The smallest absolute Gasteiger partial charge is 0.319 e. The Labute approximate surface area is 207 Å². The second-order valence-corrected chi connectivity index (χ2v) is 9.17. The van der Waals surface area contributed by atoms with Gasteiger partial charge in [-0.15, -0.1) is 0 Å². The summed E-state index contributed by atoms with van der Waals surface area (Å²) in [7, 11) is 0. The van der Waals surface area contributed by atoms with Crippen LogP contribution >= 0.6 is 11.8 Å². The van der Waals surface area contributed by atoms with Gasteiger partial charge in [0.05, 0.1) is 11.3 Å². The fourth-order valence-corrected chi connectivity index (χ4v) is 4.42. The SMILES string of the molecule is O=C(Nc1ccccc1)NC1CCN(C(=O)c2ccccc2Nc2ccc(SC(F)F)cc2)CC1. The van der Waals surface area contributed by atoms with E-state index in [-0.39, 0.29) is 18.0 Å². The fraction of sp³-hybridized carbons (Fsp3) is 0.231. The van der Waals surface area contributed by atoms with Crippen molar-refractivity contribution in [3.63, 3.8) is 0 Å². The molecule has 1 saturated heterocycles. The average molecular weight is 497 g/mol. The van der Waals surface area contributed by atoms with Crippen molar-refractivity contribution < 1.29 is 18.4 Å². The molecule has 0 unspecified atom stereocenters. The van der Waals surface area contributed by atoms with Crippen molar-refractivity contribution in [2.75, 3.05) is 23.7 Å². The van der Waals surface area contributed by atoms with Crippen LogP contribution in [-0.2, 0) is 0 Å². The number of urea groups is 1. The molecule has 35 heavy (non-hydrogen) atoms. The van der Waals surface area contributed by atoms with Gasteiger partial charge < -0.3 is 20.9 Å². The highest BCUT2D eigenvalue weighted by Crippen LogP contribution is 2.28. The molecule has 1 aliphatic heterocycles. The molecule has 3 aromatic rings. The minimum Gasteiger partial charge on any atom is -0.355 e. The molecule has 0 spiro atoms. The third kappa shape index (κ3) is 6.95. The van der Waals surface area contributed by atoms with Gasteiger partial charge in [-0.2, -0.15) is 8.78 Å². The van der Waals surface area contributed by atoms with E-state index in [1.165, 1.54) is 0 Å². The summed E-state index contributed by atoms with van der Waals surface area (Å²) in [5.74, 6) is -2.56. The van der Waals surface area contributed by atoms with Gasteiger partial charge in [-0.3, -0.25) is 4.79 Å². The zero-order valence-corrected chi connectivity index (χ0v) is 19.7. The van der Waals surface area contributed by atoms with Gasteiger partial charge in [-0.1, -0.05) is 42.1 Å². The molecule has 9 heteroatoms. The van der Waals surface area contributed by atoms with E-state index in [1.807, 2.05) is 48.5 Å². The number of benzene rings is 3. The molecule has 6 nitrogen and oxygen atoms in total. The molecule has 0 aliphatic carbocycles. The summed E-state index contributed by atoms with van der Waals surface area (Å²) < 4.78 is 25.1. The molecule has 1 heterocycles. The molecule has 0 atom stereocenters. The van der Waals surface area contributed by atoms with E-state index in [0.717, 1.165) is 5.69 Å². The normalized spacial score (nSPS) is 14.0. The molecule has 0 aromatic heterocycles. The molecule has 3 amide bonds. The summed E-state index contributed by atoms with van der Waals surface area (Å²) in [5, 5.41) is 9.01. The molecule has 182 valence electrons. The Morgan fingerprint density at radius 2 is 1.51 bits per heavy atom. The van der Waals surface area contributed by atoms with E-state index in [9.17, 15) is 18.4 Å². The zero-order chi connectivity index (χ0) is 24.6. The number of thioether (sulfide) groups is 1. The Morgan fingerprint density at radius 3 is 2.20 bits per heavy atom. The molecule has 0 saturated carbocycles. The Hall–Kier alpha value is -3.59. The van der Waals surface area contributed by atoms with E-state index in [1.54, 1.807) is 35.2 Å². The van der Waals surface area contributed by atoms with E-state index < -0.39 is 5.76 Å². The summed E-state index contributed by atoms with van der Waals surface area (Å²) >= 11 is 0.492. The molecule has 4 rings (SSSR count). The largest absolute Gasteiger partial charge is 0.355 e. The number of piperidine rings is 1. The maximum atomic E-state index is 13.3. The quantitative estimate of drug-likeness (QED) is 0.342. The number of nitrogens with zero attached hydrogens (tertiary/aromatic N) is 1. The fourth-order valence-electron chi connectivity index (χ4n) is 3.93. The third-order valence-electron chi connectivity index (χ3n) is 5.67. The summed E-state index contributed by atoms with van der Waals surface area (Å²) in [6.45, 7) is 1.06. The van der Waals surface area contributed by atoms with Crippen LogP contribution in [0.3, 0.4) is 0 Å². The van der Waals surface area contributed by atoms with Crippen molar-refractivity contribution in [2.45, 2.75) is 29.5 Å². The van der Waals surface area contributed by atoms with Crippen molar-refractivity contribution in [3.05, 3.63) is 84.4 Å². The molecule has 0 bridgehead atoms. The number of hydrogen-bond acceptors (Lipinski definition) is 4. The van der Waals surface area contributed by atoms with Crippen LogP contribution < -0.4 is 16.0 Å². The highest BCUT2D eigenvalue weighted by molar-refractivity contribution is 7.99. The van der Waals surface area contributed by atoms with Crippen molar-refractivity contribution in [3.8, 4) is 0 Å². The monoisotopic (exact) mass is 496 g/mol. The van der Waals surface area contributed by atoms with Gasteiger partial charge in [-0.25, -0.2) is 4.79 Å². The lowest BCUT2D eigenvalue weighted by Gasteiger charge is -2.33. The number of carbonyl (C=O) groups excluding carboxylic acids is 2. The number of amides is 3. The van der Waals surface area contributed by atoms with E-state index in [4.69, 9.17) is 0 Å². The van der Waals surface area contributed by atoms with Crippen LogP contribution in [0.15, 0.2) is 83.8 Å². The number of para-hydroxylation sites is 2. The molecule has 1 fully saturated rings. The van der Waals surface area contributed by atoms with Crippen molar-refractivity contribution >= 4 is 40.8 Å². The molecule has 3 N–H and O–H groups in total. The van der Waals surface area contributed by atoms with E-state index in [2.05, 4.69) is 16.0 Å². The Bertz CT molecular complexity index is 1140. The molecule has 1 aliphatic rings. The Morgan fingerprint density at radius 1 is 0.857 bits per heavy atom. The minimum absolute atomic E-state index is 0.0132. The average Bonchev–Trinajstić information content (AvgIpc) is 2.86. The maximum Gasteiger partial charge on any atom is 0.319 e. The maximum absolute atomic E-state index is 13.3. The first-order valence-corrected chi connectivity index (χ1v) is 12.2. The summed E-state index contributed by atoms with van der Waals surface area (Å²) in [6, 6.07) is 22.9. The lowest BCUT2D eigenvalue weighted by Crippen LogP contribution is -2.47. The third-order valence-corrected chi connectivity index (χ3v) is 6.39. The van der Waals surface area contributed by atoms with Crippen molar-refractivity contribution in [1.82, 2.24) is 10.2 Å². The predicted octanol–water partition coefficient (Wildman–Crippen LogP) is 6.17. The number of nitrogens with one attached hydrogen (secondary N) is 3. The highest BCUT2D eigenvalue weighted by atomic mass is 32.2. The molecule has 3 aromatic carbocycles. The van der Waals surface area contributed by atoms with Gasteiger partial charge in [-0.05, 0) is 61.4 Å². The van der Waals surface area contributed by atoms with Gasteiger partial charge in [0.25, 0.3) is 11.7 Å². The van der Waals surface area contributed by atoms with Crippen LogP contribution in [0.4, 0.5) is 30.6 Å². The van der Waals surface area contributed by atoms with Gasteiger partial charge in [0, 0.05) is 35.4 Å². The van der Waals surface area contributed by atoms with Gasteiger partial charge >= 0.3 is 6.03 Å². The topological polar surface area (TPSA) is 73.5 Å². The van der Waals surface area contributed by atoms with Gasteiger partial charge in [0.15, 0.2) is 0 Å². The Balaban J connectivity index is 1.33. The van der Waals surface area contributed by atoms with Crippen LogP contribution in [0.2, 0.25) is 0 Å². The summed E-state index contributed by atoms with van der Waals surface area (Å²) in [5.41, 5.74) is 2.61. The van der Waals surface area contributed by atoms with Gasteiger partial charge in [0.1, 0.15) is 0 Å². The number of halogens is 2. The standard InChI is InChI=1S/C26H26F2N4O2S/c27-25(28)35-21-12-10-19(11-13-21)29-23-9-5-4-8-22(23)24(33)32-16-14-20(15-17-32)31-26(34)30-18-6-2-1-3-7-18/h1-13,20,25,29H,14-17H2,(H2,30,31,34). The van der Waals surface area contributed by atoms with Crippen LogP contribution in [-0.4, -0.2) is 41.7 Å². The first-order valence-electron chi connectivity index (χ1n) is 11.3. The number of alkyl halides is 2. The molecular formula is C26H26F2N4O2S. The number of likely N-dealkylation sites (tertiary alicyclic amines) is 1. The first-order chi connectivity index (χ1) is 17.0. The van der Waals surface area contributed by atoms with Gasteiger partial charge in [0.2, 0.25) is 0 Å². The highest BCUT2D eigenvalue weighted by Gasteiger charge is 2.26. The molecular weight excluding hydrogens is 470 g/mol. The number of anilines is 3. The first kappa shape index (κ1) is 24.5. The number of hydrogen-bond donors (Lipinski definition) is 3. The van der Waals surface area contributed by atoms with E-state index >= 15 is 0 Å². The lowest BCUT2D eigenvalue weighted by molar-refractivity contribution is 0.0710. The predicted molar refractivity (Wildman–Crippen MR) is 136 cm³/mol.